The van der Waals surface area contributed by atoms with Crippen LogP contribution in [0.15, 0.2) is 45.9 Å². The predicted molar refractivity (Wildman–Crippen MR) is 79.6 cm³/mol. The van der Waals surface area contributed by atoms with E-state index in [1.165, 1.54) is 24.3 Å². The highest BCUT2D eigenvalue weighted by atomic mass is 32.2. The van der Waals surface area contributed by atoms with Crippen LogP contribution in [0.3, 0.4) is 0 Å². The summed E-state index contributed by atoms with van der Waals surface area (Å²) >= 11 is 0. The third-order valence-corrected chi connectivity index (χ3v) is 4.73. The quantitative estimate of drug-likeness (QED) is 0.840. The molecular weight excluding hydrogens is 323 g/mol. The van der Waals surface area contributed by atoms with Crippen LogP contribution < -0.4 is 10.0 Å². The molecule has 122 valence electrons. The number of furan rings is 1. The maximum absolute atomic E-state index is 12.8. The fraction of sp³-hybridized carbons (Fsp3) is 0.267. The van der Waals surface area contributed by atoms with Gasteiger partial charge in [-0.2, -0.15) is 0 Å². The van der Waals surface area contributed by atoms with E-state index in [2.05, 4.69) is 10.0 Å². The maximum Gasteiger partial charge on any atom is 0.287 e. The normalized spacial score (nSPS) is 14.7. The van der Waals surface area contributed by atoms with E-state index in [4.69, 9.17) is 4.42 Å². The molecule has 6 nitrogen and oxygen atoms in total. The Labute approximate surface area is 132 Å². The number of sulfonamides is 1. The van der Waals surface area contributed by atoms with Gasteiger partial charge in [-0.15, -0.1) is 0 Å². The van der Waals surface area contributed by atoms with Crippen LogP contribution in [0, 0.1) is 5.82 Å². The first-order valence-electron chi connectivity index (χ1n) is 7.09. The summed E-state index contributed by atoms with van der Waals surface area (Å²) in [4.78, 5) is 12.0. The fourth-order valence-corrected chi connectivity index (χ4v) is 3.17. The SMILES string of the molecule is O=C(NCc1ccc(F)cc1)c1ccc(S(=O)(=O)NC2CC2)o1. The average molecular weight is 338 g/mol. The van der Waals surface area contributed by atoms with Crippen LogP contribution in [0.25, 0.3) is 0 Å². The minimum atomic E-state index is -3.72. The van der Waals surface area contributed by atoms with Gasteiger partial charge in [-0.1, -0.05) is 12.1 Å². The molecule has 1 saturated carbocycles. The number of hydrogen-bond acceptors (Lipinski definition) is 4. The number of carbonyl (C=O) groups is 1. The molecule has 0 saturated heterocycles. The van der Waals surface area contributed by atoms with E-state index in [1.807, 2.05) is 0 Å². The van der Waals surface area contributed by atoms with Crippen LogP contribution in [0.2, 0.25) is 0 Å². The van der Waals surface area contributed by atoms with Crippen LogP contribution in [0.4, 0.5) is 4.39 Å². The molecule has 2 N–H and O–H groups in total. The first kappa shape index (κ1) is 15.7. The molecule has 0 spiro atoms. The summed E-state index contributed by atoms with van der Waals surface area (Å²) in [5.74, 6) is -0.991. The molecule has 1 aromatic heterocycles. The largest absolute Gasteiger partial charge is 0.438 e. The molecule has 0 atom stereocenters. The minimum Gasteiger partial charge on any atom is -0.438 e. The molecule has 0 unspecified atom stereocenters. The molecule has 1 aliphatic carbocycles. The summed E-state index contributed by atoms with van der Waals surface area (Å²) in [6.07, 6.45) is 1.62. The van der Waals surface area contributed by atoms with Crippen LogP contribution >= 0.6 is 0 Å². The van der Waals surface area contributed by atoms with E-state index in [-0.39, 0.29) is 29.3 Å². The van der Waals surface area contributed by atoms with Crippen molar-refractivity contribution in [2.45, 2.75) is 30.5 Å². The van der Waals surface area contributed by atoms with Gasteiger partial charge in [-0.05, 0) is 42.7 Å². The van der Waals surface area contributed by atoms with Gasteiger partial charge in [0.05, 0.1) is 0 Å². The maximum atomic E-state index is 12.8. The topological polar surface area (TPSA) is 88.4 Å². The number of benzene rings is 1. The lowest BCUT2D eigenvalue weighted by molar-refractivity contribution is 0.0918. The molecule has 8 heteroatoms. The standard InChI is InChI=1S/C15H15FN2O4S/c16-11-3-1-10(2-4-11)9-17-15(19)13-7-8-14(22-13)23(20,21)18-12-5-6-12/h1-4,7-8,12,18H,5-6,9H2,(H,17,19). The van der Waals surface area contributed by atoms with Gasteiger partial charge in [0.25, 0.3) is 15.9 Å². The van der Waals surface area contributed by atoms with E-state index in [1.54, 1.807) is 12.1 Å². The summed E-state index contributed by atoms with van der Waals surface area (Å²) in [5, 5.41) is 2.30. The average Bonchev–Trinajstić information content (AvgIpc) is 3.16. The molecule has 2 aromatic rings. The van der Waals surface area contributed by atoms with Crippen molar-refractivity contribution < 1.29 is 22.0 Å². The summed E-state index contributed by atoms with van der Waals surface area (Å²) in [5.41, 5.74) is 0.717. The first-order valence-corrected chi connectivity index (χ1v) is 8.57. The zero-order valence-corrected chi connectivity index (χ0v) is 12.9. The van der Waals surface area contributed by atoms with Gasteiger partial charge in [0.2, 0.25) is 5.09 Å². The molecule has 0 radical (unpaired) electrons. The number of halogens is 1. The van der Waals surface area contributed by atoms with Gasteiger partial charge in [0, 0.05) is 12.6 Å². The Balaban J connectivity index is 1.62. The molecule has 23 heavy (non-hydrogen) atoms. The lowest BCUT2D eigenvalue weighted by Gasteiger charge is -2.04. The van der Waals surface area contributed by atoms with E-state index in [9.17, 15) is 17.6 Å². The Hall–Kier alpha value is -2.19. The van der Waals surface area contributed by atoms with Crippen LogP contribution in [-0.2, 0) is 16.6 Å². The molecule has 3 rings (SSSR count). The van der Waals surface area contributed by atoms with Gasteiger partial charge in [0.1, 0.15) is 5.82 Å². The Bertz CT molecular complexity index is 810. The third kappa shape index (κ3) is 3.96. The highest BCUT2D eigenvalue weighted by Crippen LogP contribution is 2.23. The molecule has 0 bridgehead atoms. The van der Waals surface area contributed by atoms with Gasteiger partial charge in [-0.3, -0.25) is 4.79 Å². The Morgan fingerprint density at radius 3 is 2.52 bits per heavy atom. The zero-order valence-electron chi connectivity index (χ0n) is 12.1. The number of carbonyl (C=O) groups excluding carboxylic acids is 1. The monoisotopic (exact) mass is 338 g/mol. The van der Waals surface area contributed by atoms with Crippen molar-refractivity contribution in [2.75, 3.05) is 0 Å². The summed E-state index contributed by atoms with van der Waals surface area (Å²) in [7, 11) is -3.72. The van der Waals surface area contributed by atoms with Gasteiger partial charge in [-0.25, -0.2) is 17.5 Å². The van der Waals surface area contributed by atoms with Gasteiger partial charge in [0.15, 0.2) is 5.76 Å². The number of rotatable bonds is 6. The second kappa shape index (κ2) is 6.13. The molecule has 1 heterocycles. The van der Waals surface area contributed by atoms with E-state index in [0.717, 1.165) is 18.4 Å². The lowest BCUT2D eigenvalue weighted by Crippen LogP contribution is -2.25. The van der Waals surface area contributed by atoms with E-state index >= 15 is 0 Å². The van der Waals surface area contributed by atoms with Crippen molar-refractivity contribution in [3.63, 3.8) is 0 Å². The van der Waals surface area contributed by atoms with Gasteiger partial charge < -0.3 is 9.73 Å². The van der Waals surface area contributed by atoms with Crippen molar-refractivity contribution in [1.29, 1.82) is 0 Å². The summed E-state index contributed by atoms with van der Waals surface area (Å²) in [6, 6.07) is 8.20. The number of amides is 1. The summed E-state index contributed by atoms with van der Waals surface area (Å²) in [6.45, 7) is 0.183. The minimum absolute atomic E-state index is 0.0409. The van der Waals surface area contributed by atoms with Crippen LogP contribution in [0.1, 0.15) is 29.0 Å². The summed E-state index contributed by atoms with van der Waals surface area (Å²) < 4.78 is 44.3. The smallest absolute Gasteiger partial charge is 0.287 e. The van der Waals surface area contributed by atoms with Crippen molar-refractivity contribution in [1.82, 2.24) is 10.0 Å². The first-order chi connectivity index (χ1) is 10.9. The van der Waals surface area contributed by atoms with Crippen molar-refractivity contribution in [2.24, 2.45) is 0 Å². The van der Waals surface area contributed by atoms with E-state index < -0.39 is 15.9 Å². The lowest BCUT2D eigenvalue weighted by atomic mass is 10.2. The molecule has 1 fully saturated rings. The van der Waals surface area contributed by atoms with Crippen molar-refractivity contribution in [3.8, 4) is 0 Å². The van der Waals surface area contributed by atoms with Crippen molar-refractivity contribution >= 4 is 15.9 Å². The Kier molecular flexibility index (Phi) is 4.18. The van der Waals surface area contributed by atoms with Crippen LogP contribution in [-0.4, -0.2) is 20.4 Å². The van der Waals surface area contributed by atoms with Gasteiger partial charge >= 0.3 is 0 Å². The molecule has 1 aromatic carbocycles. The highest BCUT2D eigenvalue weighted by molar-refractivity contribution is 7.89. The second-order valence-corrected chi connectivity index (χ2v) is 6.97. The Morgan fingerprint density at radius 2 is 1.87 bits per heavy atom. The van der Waals surface area contributed by atoms with Crippen LogP contribution in [0.5, 0.6) is 0 Å². The molecule has 0 aliphatic heterocycles. The molecule has 1 amide bonds. The van der Waals surface area contributed by atoms with E-state index in [0.29, 0.717) is 0 Å². The number of nitrogens with one attached hydrogen (secondary N) is 2. The third-order valence-electron chi connectivity index (χ3n) is 3.34. The predicted octanol–water partition coefficient (Wildman–Crippen LogP) is 1.79. The molecular formula is C15H15FN2O4S. The fourth-order valence-electron chi connectivity index (χ4n) is 1.94. The number of hydrogen-bond donors (Lipinski definition) is 2. The Morgan fingerprint density at radius 1 is 1.17 bits per heavy atom. The molecule has 1 aliphatic rings. The zero-order chi connectivity index (χ0) is 16.4. The second-order valence-electron chi connectivity index (χ2n) is 5.32. The van der Waals surface area contributed by atoms with Crippen molar-refractivity contribution in [3.05, 3.63) is 53.5 Å². The highest BCUT2D eigenvalue weighted by Gasteiger charge is 2.30.